The summed E-state index contributed by atoms with van der Waals surface area (Å²) >= 11 is 1.79. The number of amides is 1. The number of thioether (sulfide) groups is 1. The summed E-state index contributed by atoms with van der Waals surface area (Å²) in [5, 5.41) is 6.26. The number of hydrogen-bond donors (Lipinski definition) is 2. The van der Waals surface area contributed by atoms with Gasteiger partial charge in [-0.3, -0.25) is 14.9 Å². The number of benzene rings is 2. The molecule has 0 spiro atoms. The molecule has 0 radical (unpaired) electrons. The third kappa shape index (κ3) is 10.0. The predicted molar refractivity (Wildman–Crippen MR) is 150 cm³/mol. The van der Waals surface area contributed by atoms with E-state index in [9.17, 15) is 9.59 Å². The highest BCUT2D eigenvalue weighted by atomic mass is 79.9. The lowest BCUT2D eigenvalue weighted by Crippen LogP contribution is -3.00. The molecule has 2 aromatic rings. The molecule has 36 heavy (non-hydrogen) atoms. The van der Waals surface area contributed by atoms with E-state index in [0.29, 0.717) is 24.6 Å². The number of halogens is 1. The number of likely N-dealkylation sites (N-methyl/N-ethyl adjacent to an activating group) is 1. The maximum atomic E-state index is 13.1. The molecule has 0 aromatic heterocycles. The number of carbonyl (C=O) groups excluding carboxylic acids is 2. The Morgan fingerprint density at radius 1 is 0.889 bits per heavy atom. The molecule has 0 fully saturated rings. The van der Waals surface area contributed by atoms with Gasteiger partial charge in [0.1, 0.15) is 6.54 Å². The van der Waals surface area contributed by atoms with Gasteiger partial charge in [-0.05, 0) is 68.9 Å². The van der Waals surface area contributed by atoms with Gasteiger partial charge in [-0.15, -0.1) is 11.8 Å². The lowest BCUT2D eigenvalue weighted by molar-refractivity contribution is -0.916. The summed E-state index contributed by atoms with van der Waals surface area (Å²) in [6.45, 7) is 16.4. The predicted octanol–water partition coefficient (Wildman–Crippen LogP) is 2.20. The second-order valence-corrected chi connectivity index (χ2v) is 10.7. The zero-order valence-corrected chi connectivity index (χ0v) is 25.3. The molecule has 0 aliphatic heterocycles. The second kappa shape index (κ2) is 16.2. The Balaban J connectivity index is 0.00000648. The highest BCUT2D eigenvalue weighted by Crippen LogP contribution is 2.19. The zero-order chi connectivity index (χ0) is 25.8. The van der Waals surface area contributed by atoms with Crippen LogP contribution in [0.4, 0.5) is 5.69 Å². The topological polar surface area (TPSA) is 58.2 Å². The lowest BCUT2D eigenvalue weighted by Gasteiger charge is -2.37. The van der Waals surface area contributed by atoms with Gasteiger partial charge in [-0.2, -0.15) is 0 Å². The Morgan fingerprint density at radius 3 is 2.03 bits per heavy atom. The Labute approximate surface area is 233 Å². The zero-order valence-electron chi connectivity index (χ0n) is 22.9. The first-order valence-electron chi connectivity index (χ1n) is 12.8. The van der Waals surface area contributed by atoms with Gasteiger partial charge in [0.25, 0.3) is 0 Å². The smallest absolute Gasteiger partial charge is 0.238 e. The first-order valence-corrected chi connectivity index (χ1v) is 13.9. The van der Waals surface area contributed by atoms with E-state index < -0.39 is 0 Å². The SMILES string of the molecule is CCC[N+](CC)(CCSCNCC(=O)Nc1c(C)cccc1C)CC(=O)Cc1c(C)cccc1C.[Br-]. The number of para-hydroxylation sites is 1. The van der Waals surface area contributed by atoms with Crippen molar-refractivity contribution in [2.24, 2.45) is 0 Å². The van der Waals surface area contributed by atoms with Crippen molar-refractivity contribution in [1.82, 2.24) is 5.32 Å². The third-order valence-electron chi connectivity index (χ3n) is 6.84. The third-order valence-corrected chi connectivity index (χ3v) is 7.72. The lowest BCUT2D eigenvalue weighted by atomic mass is 9.97. The highest BCUT2D eigenvalue weighted by molar-refractivity contribution is 7.99. The molecule has 5 nitrogen and oxygen atoms in total. The normalized spacial score (nSPS) is 12.5. The van der Waals surface area contributed by atoms with Crippen LogP contribution in [0.3, 0.4) is 0 Å². The monoisotopic (exact) mass is 577 g/mol. The van der Waals surface area contributed by atoms with E-state index in [0.717, 1.165) is 53.1 Å². The highest BCUT2D eigenvalue weighted by Gasteiger charge is 2.28. The van der Waals surface area contributed by atoms with Gasteiger partial charge in [0, 0.05) is 23.7 Å². The van der Waals surface area contributed by atoms with Crippen LogP contribution < -0.4 is 27.6 Å². The first kappa shape index (κ1) is 32.4. The van der Waals surface area contributed by atoms with E-state index in [1.165, 1.54) is 16.7 Å². The average Bonchev–Trinajstić information content (AvgIpc) is 2.81. The van der Waals surface area contributed by atoms with Crippen LogP contribution in [0.2, 0.25) is 0 Å². The molecule has 0 saturated carbocycles. The van der Waals surface area contributed by atoms with Crippen LogP contribution in [0.1, 0.15) is 48.1 Å². The van der Waals surface area contributed by atoms with Crippen LogP contribution in [0.25, 0.3) is 0 Å². The van der Waals surface area contributed by atoms with Crippen LogP contribution in [0.15, 0.2) is 36.4 Å². The fourth-order valence-electron chi connectivity index (χ4n) is 4.69. The summed E-state index contributed by atoms with van der Waals surface area (Å²) in [4.78, 5) is 25.4. The van der Waals surface area contributed by atoms with Crippen LogP contribution in [0, 0.1) is 27.7 Å². The quantitative estimate of drug-likeness (QED) is 0.193. The van der Waals surface area contributed by atoms with Crippen molar-refractivity contribution in [3.63, 3.8) is 0 Å². The molecule has 2 N–H and O–H groups in total. The molecule has 2 aromatic carbocycles. The molecular formula is C29H44BrN3O2S. The van der Waals surface area contributed by atoms with Crippen molar-refractivity contribution in [2.75, 3.05) is 49.7 Å². The number of ketones is 1. The van der Waals surface area contributed by atoms with E-state index >= 15 is 0 Å². The minimum atomic E-state index is -0.0234. The maximum absolute atomic E-state index is 13.1. The maximum Gasteiger partial charge on any atom is 0.238 e. The van der Waals surface area contributed by atoms with E-state index in [1.807, 2.05) is 32.0 Å². The molecule has 7 heteroatoms. The van der Waals surface area contributed by atoms with Crippen LogP contribution in [0.5, 0.6) is 0 Å². The van der Waals surface area contributed by atoms with E-state index in [2.05, 4.69) is 56.5 Å². The fourth-order valence-corrected chi connectivity index (χ4v) is 5.60. The van der Waals surface area contributed by atoms with Crippen molar-refractivity contribution in [3.05, 3.63) is 64.2 Å². The van der Waals surface area contributed by atoms with Crippen molar-refractivity contribution in [2.45, 2.75) is 54.4 Å². The summed E-state index contributed by atoms with van der Waals surface area (Å²) in [5.41, 5.74) is 6.63. The van der Waals surface area contributed by atoms with Gasteiger partial charge >= 0.3 is 0 Å². The van der Waals surface area contributed by atoms with E-state index in [1.54, 1.807) is 11.8 Å². The van der Waals surface area contributed by atoms with Gasteiger partial charge < -0.3 is 26.8 Å². The number of anilines is 1. The molecule has 0 aliphatic carbocycles. The number of hydrogen-bond acceptors (Lipinski definition) is 4. The summed E-state index contributed by atoms with van der Waals surface area (Å²) in [5.74, 6) is 1.97. The molecule has 2 rings (SSSR count). The molecular weight excluding hydrogens is 534 g/mol. The van der Waals surface area contributed by atoms with Gasteiger partial charge in [0.2, 0.25) is 5.91 Å². The summed E-state index contributed by atoms with van der Waals surface area (Å²) in [6, 6.07) is 12.3. The minimum Gasteiger partial charge on any atom is -1.00 e. The fraction of sp³-hybridized carbons (Fsp3) is 0.517. The second-order valence-electron chi connectivity index (χ2n) is 9.64. The Bertz CT molecular complexity index is 958. The molecule has 0 saturated heterocycles. The standard InChI is InChI=1S/C29H43N3O2S.BrH/c1-7-15-32(8-2,20-26(33)18-27-22(3)11-9-12-23(27)4)16-17-35-21-30-19-28(34)31-29-24(5)13-10-14-25(29)6;/h9-14,30H,7-8,15-21H2,1-6H3;1H. The number of quaternary nitrogens is 1. The number of nitrogens with one attached hydrogen (secondary N) is 2. The Morgan fingerprint density at radius 2 is 1.47 bits per heavy atom. The number of Topliss-reactive ketones (excluding diaryl/α,β-unsaturated/α-hetero) is 1. The first-order chi connectivity index (χ1) is 16.7. The Kier molecular flexibility index (Phi) is 14.6. The number of nitrogens with zero attached hydrogens (tertiary/aromatic N) is 1. The van der Waals surface area contributed by atoms with E-state index in [-0.39, 0.29) is 29.4 Å². The van der Waals surface area contributed by atoms with Crippen LogP contribution >= 0.6 is 11.8 Å². The van der Waals surface area contributed by atoms with Crippen molar-refractivity contribution < 1.29 is 31.1 Å². The van der Waals surface area contributed by atoms with Crippen LogP contribution in [-0.2, 0) is 16.0 Å². The minimum absolute atomic E-state index is 0. The summed E-state index contributed by atoms with van der Waals surface area (Å²) in [6.07, 6.45) is 1.58. The molecule has 1 atom stereocenters. The number of aryl methyl sites for hydroxylation is 4. The van der Waals surface area contributed by atoms with Crippen molar-refractivity contribution in [3.8, 4) is 0 Å². The molecule has 1 amide bonds. The molecule has 0 bridgehead atoms. The number of rotatable bonds is 15. The average molecular weight is 579 g/mol. The van der Waals surface area contributed by atoms with Gasteiger partial charge in [0.15, 0.2) is 5.78 Å². The van der Waals surface area contributed by atoms with E-state index in [4.69, 9.17) is 0 Å². The van der Waals surface area contributed by atoms with Gasteiger partial charge in [-0.1, -0.05) is 43.3 Å². The van der Waals surface area contributed by atoms with Gasteiger partial charge in [-0.25, -0.2) is 0 Å². The number of carbonyl (C=O) groups is 2. The largest absolute Gasteiger partial charge is 1.00 e. The summed E-state index contributed by atoms with van der Waals surface area (Å²) in [7, 11) is 0. The van der Waals surface area contributed by atoms with Crippen LogP contribution in [-0.4, -0.2) is 60.5 Å². The van der Waals surface area contributed by atoms with Gasteiger partial charge in [0.05, 0.1) is 26.2 Å². The molecule has 1 unspecified atom stereocenters. The molecule has 0 aliphatic rings. The Hall–Kier alpha value is -1.67. The summed E-state index contributed by atoms with van der Waals surface area (Å²) < 4.78 is 0.834. The molecule has 0 heterocycles. The van der Waals surface area contributed by atoms with Crippen molar-refractivity contribution >= 4 is 29.1 Å². The van der Waals surface area contributed by atoms with Crippen molar-refractivity contribution in [1.29, 1.82) is 0 Å². The molecule has 200 valence electrons.